The minimum absolute atomic E-state index is 0.234. The summed E-state index contributed by atoms with van der Waals surface area (Å²) in [4.78, 5) is 11.4. The Morgan fingerprint density at radius 2 is 1.93 bits per heavy atom. The van der Waals surface area contributed by atoms with Crippen LogP contribution in [0.25, 0.3) is 0 Å². The molecule has 0 heterocycles. The number of carbonyl (C=O) groups is 1. The third-order valence-corrected chi connectivity index (χ3v) is 2.23. The first-order valence-corrected chi connectivity index (χ1v) is 5.06. The summed E-state index contributed by atoms with van der Waals surface area (Å²) in [6, 6.07) is 7.35. The van der Waals surface area contributed by atoms with Gasteiger partial charge < -0.3 is 5.73 Å². The van der Waals surface area contributed by atoms with Crippen LogP contribution in [0.3, 0.4) is 0 Å². The average Bonchev–Trinajstić information content (AvgIpc) is 2.18. The quantitative estimate of drug-likeness (QED) is 0.812. The van der Waals surface area contributed by atoms with Gasteiger partial charge in [0.25, 0.3) is 0 Å². The molecule has 1 aromatic rings. The maximum Gasteiger partial charge on any atom is 0.137 e. The van der Waals surface area contributed by atoms with Crippen molar-refractivity contribution < 1.29 is 4.79 Å². The molecule has 0 unspecified atom stereocenters. The second-order valence-corrected chi connectivity index (χ2v) is 3.67. The summed E-state index contributed by atoms with van der Waals surface area (Å²) in [5.74, 6) is 0.234. The Balaban J connectivity index is 2.44. The maximum absolute atomic E-state index is 11.4. The van der Waals surface area contributed by atoms with Crippen LogP contribution in [-0.2, 0) is 11.2 Å². The van der Waals surface area contributed by atoms with Crippen molar-refractivity contribution in [3.8, 4) is 0 Å². The maximum atomic E-state index is 11.4. The molecule has 1 aromatic carbocycles. The minimum atomic E-state index is 0.234. The Kier molecular flexibility index (Phi) is 4.63. The number of ketones is 1. The fourth-order valence-electron chi connectivity index (χ4n) is 1.22. The van der Waals surface area contributed by atoms with Crippen molar-refractivity contribution in [3.63, 3.8) is 0 Å². The van der Waals surface area contributed by atoms with Crippen LogP contribution in [-0.4, -0.2) is 12.3 Å². The van der Waals surface area contributed by atoms with Crippen LogP contribution >= 0.6 is 11.6 Å². The van der Waals surface area contributed by atoms with Crippen molar-refractivity contribution in [1.82, 2.24) is 0 Å². The van der Waals surface area contributed by atoms with Gasteiger partial charge in [0.2, 0.25) is 0 Å². The van der Waals surface area contributed by atoms with Gasteiger partial charge in [-0.3, -0.25) is 4.79 Å². The van der Waals surface area contributed by atoms with Gasteiger partial charge in [-0.15, -0.1) is 0 Å². The Morgan fingerprint density at radius 1 is 1.29 bits per heavy atom. The zero-order valence-corrected chi connectivity index (χ0v) is 8.76. The highest BCUT2D eigenvalue weighted by molar-refractivity contribution is 6.30. The molecule has 0 saturated carbocycles. The van der Waals surface area contributed by atoms with Crippen LogP contribution in [0.5, 0.6) is 0 Å². The summed E-state index contributed by atoms with van der Waals surface area (Å²) in [6.45, 7) is 0.576. The van der Waals surface area contributed by atoms with Crippen molar-refractivity contribution in [2.45, 2.75) is 19.3 Å². The number of halogens is 1. The van der Waals surface area contributed by atoms with Crippen LogP contribution in [0.2, 0.25) is 5.02 Å². The molecule has 0 aliphatic rings. The van der Waals surface area contributed by atoms with Gasteiger partial charge in [0.05, 0.1) is 0 Å². The third-order valence-electron chi connectivity index (χ3n) is 1.97. The van der Waals surface area contributed by atoms with E-state index in [1.807, 2.05) is 12.1 Å². The number of nitrogens with two attached hydrogens (primary N) is 1. The summed E-state index contributed by atoms with van der Waals surface area (Å²) < 4.78 is 0. The molecule has 0 spiro atoms. The summed E-state index contributed by atoms with van der Waals surface area (Å²) in [6.07, 6.45) is 1.82. The molecule has 1 rings (SSSR count). The second kappa shape index (κ2) is 5.78. The van der Waals surface area contributed by atoms with Crippen molar-refractivity contribution in [2.24, 2.45) is 5.73 Å². The first kappa shape index (κ1) is 11.2. The van der Waals surface area contributed by atoms with E-state index in [1.54, 1.807) is 12.1 Å². The molecule has 2 nitrogen and oxygen atoms in total. The van der Waals surface area contributed by atoms with E-state index in [0.29, 0.717) is 24.4 Å². The highest BCUT2D eigenvalue weighted by atomic mass is 35.5. The lowest BCUT2D eigenvalue weighted by atomic mass is 10.1. The summed E-state index contributed by atoms with van der Waals surface area (Å²) in [5, 5.41) is 0.697. The normalized spacial score (nSPS) is 10.1. The van der Waals surface area contributed by atoms with Gasteiger partial charge in [0.1, 0.15) is 5.78 Å². The first-order chi connectivity index (χ1) is 6.72. The van der Waals surface area contributed by atoms with Gasteiger partial charge in [-0.05, 0) is 30.7 Å². The fraction of sp³-hybridized carbons (Fsp3) is 0.364. The molecule has 0 aliphatic carbocycles. The molecular weight excluding hydrogens is 198 g/mol. The van der Waals surface area contributed by atoms with Crippen LogP contribution in [0, 0.1) is 0 Å². The molecule has 0 fully saturated rings. The molecule has 0 amide bonds. The molecule has 0 radical (unpaired) electrons. The number of rotatable bonds is 5. The van der Waals surface area contributed by atoms with Crippen molar-refractivity contribution >= 4 is 17.4 Å². The number of Topliss-reactive ketones (excluding diaryl/α,β-unsaturated/α-hetero) is 1. The topological polar surface area (TPSA) is 43.1 Å². The van der Waals surface area contributed by atoms with E-state index in [1.165, 1.54) is 0 Å². The van der Waals surface area contributed by atoms with Crippen molar-refractivity contribution in [3.05, 3.63) is 34.9 Å². The number of carbonyl (C=O) groups excluding carboxylic acids is 1. The monoisotopic (exact) mass is 211 g/mol. The average molecular weight is 212 g/mol. The summed E-state index contributed by atoms with van der Waals surface area (Å²) in [7, 11) is 0. The van der Waals surface area contributed by atoms with E-state index >= 15 is 0 Å². The highest BCUT2D eigenvalue weighted by Gasteiger charge is 2.02. The summed E-state index contributed by atoms with van der Waals surface area (Å²) >= 11 is 5.73. The fourth-order valence-corrected chi connectivity index (χ4v) is 1.34. The predicted molar refractivity (Wildman–Crippen MR) is 58.5 cm³/mol. The van der Waals surface area contributed by atoms with Crippen LogP contribution in [0.15, 0.2) is 24.3 Å². The SMILES string of the molecule is NCCCC(=O)Cc1ccc(Cl)cc1. The van der Waals surface area contributed by atoms with Gasteiger partial charge in [0.15, 0.2) is 0 Å². The number of hydrogen-bond acceptors (Lipinski definition) is 2. The van der Waals surface area contributed by atoms with E-state index in [-0.39, 0.29) is 5.78 Å². The molecule has 2 N–H and O–H groups in total. The van der Waals surface area contributed by atoms with Crippen molar-refractivity contribution in [1.29, 1.82) is 0 Å². The van der Waals surface area contributed by atoms with Gasteiger partial charge in [-0.2, -0.15) is 0 Å². The molecule has 0 aliphatic heterocycles. The molecule has 0 saturated heterocycles. The van der Waals surface area contributed by atoms with E-state index in [9.17, 15) is 4.79 Å². The van der Waals surface area contributed by atoms with Crippen LogP contribution in [0.4, 0.5) is 0 Å². The Morgan fingerprint density at radius 3 is 2.50 bits per heavy atom. The van der Waals surface area contributed by atoms with E-state index in [2.05, 4.69) is 0 Å². The third kappa shape index (κ3) is 3.90. The molecular formula is C11H14ClNO. The molecule has 0 aromatic heterocycles. The largest absolute Gasteiger partial charge is 0.330 e. The second-order valence-electron chi connectivity index (χ2n) is 3.23. The highest BCUT2D eigenvalue weighted by Crippen LogP contribution is 2.10. The predicted octanol–water partition coefficient (Wildman–Crippen LogP) is 2.19. The Hall–Kier alpha value is -0.860. The van der Waals surface area contributed by atoms with E-state index in [4.69, 9.17) is 17.3 Å². The molecule has 0 bridgehead atoms. The Bertz CT molecular complexity index is 295. The van der Waals surface area contributed by atoms with Gasteiger partial charge in [-0.25, -0.2) is 0 Å². The summed E-state index contributed by atoms with van der Waals surface area (Å²) in [5.41, 5.74) is 6.33. The zero-order chi connectivity index (χ0) is 10.4. The van der Waals surface area contributed by atoms with E-state index in [0.717, 1.165) is 12.0 Å². The van der Waals surface area contributed by atoms with Gasteiger partial charge >= 0.3 is 0 Å². The Labute approximate surface area is 89.1 Å². The number of benzene rings is 1. The number of hydrogen-bond donors (Lipinski definition) is 1. The molecule has 0 atom stereocenters. The van der Waals surface area contributed by atoms with E-state index < -0.39 is 0 Å². The van der Waals surface area contributed by atoms with Gasteiger partial charge in [0, 0.05) is 17.9 Å². The zero-order valence-electron chi connectivity index (χ0n) is 8.00. The standard InChI is InChI=1S/C11H14ClNO/c12-10-5-3-9(4-6-10)8-11(14)2-1-7-13/h3-6H,1-2,7-8,13H2. The van der Waals surface area contributed by atoms with Crippen LogP contribution < -0.4 is 5.73 Å². The molecule has 76 valence electrons. The van der Waals surface area contributed by atoms with Gasteiger partial charge in [-0.1, -0.05) is 23.7 Å². The lowest BCUT2D eigenvalue weighted by Crippen LogP contribution is -2.06. The molecule has 14 heavy (non-hydrogen) atoms. The van der Waals surface area contributed by atoms with Crippen LogP contribution in [0.1, 0.15) is 18.4 Å². The lowest BCUT2D eigenvalue weighted by Gasteiger charge is -2.00. The molecule has 3 heteroatoms. The van der Waals surface area contributed by atoms with Crippen molar-refractivity contribution in [2.75, 3.05) is 6.54 Å². The first-order valence-electron chi connectivity index (χ1n) is 4.68. The smallest absolute Gasteiger partial charge is 0.137 e. The lowest BCUT2D eigenvalue weighted by molar-refractivity contribution is -0.118. The minimum Gasteiger partial charge on any atom is -0.330 e.